The third-order valence-corrected chi connectivity index (χ3v) is 5.68. The van der Waals surface area contributed by atoms with Gasteiger partial charge in [0.1, 0.15) is 11.6 Å². The van der Waals surface area contributed by atoms with Crippen molar-refractivity contribution in [2.24, 2.45) is 0 Å². The molecule has 1 aromatic heterocycles. The summed E-state index contributed by atoms with van der Waals surface area (Å²) in [5.74, 6) is -0.00723. The Kier molecular flexibility index (Phi) is 4.93. The molecule has 0 bridgehead atoms. The zero-order valence-electron chi connectivity index (χ0n) is 16.4. The first-order valence-electron chi connectivity index (χ1n) is 9.74. The maximum Gasteiger partial charge on any atom is 0.329 e. The summed E-state index contributed by atoms with van der Waals surface area (Å²) < 4.78 is 14.7. The summed E-state index contributed by atoms with van der Waals surface area (Å²) >= 11 is 0. The van der Waals surface area contributed by atoms with E-state index in [1.54, 1.807) is 18.3 Å². The Bertz CT molecular complexity index is 882. The van der Waals surface area contributed by atoms with Crippen LogP contribution in [0.1, 0.15) is 30.4 Å². The lowest BCUT2D eigenvalue weighted by Crippen LogP contribution is -2.54. The number of nitrogens with zero attached hydrogens (tertiary/aromatic N) is 4. The number of aryl methyl sites for hydroxylation is 1. The number of pyridine rings is 1. The first kappa shape index (κ1) is 18.7. The van der Waals surface area contributed by atoms with Gasteiger partial charge in [0, 0.05) is 24.4 Å². The molecule has 148 valence electrons. The number of para-hydroxylation sites is 1. The lowest BCUT2D eigenvalue weighted by atomic mass is 10.0. The van der Waals surface area contributed by atoms with E-state index in [1.165, 1.54) is 11.0 Å². The first-order valence-corrected chi connectivity index (χ1v) is 9.74. The van der Waals surface area contributed by atoms with Gasteiger partial charge in [0.05, 0.1) is 24.0 Å². The average molecular weight is 383 g/mol. The molecule has 4 rings (SSSR count). The number of rotatable bonds is 2. The molecular weight excluding hydrogens is 357 g/mol. The number of anilines is 3. The highest BCUT2D eigenvalue weighted by molar-refractivity contribution is 6.07. The number of nitrogens with two attached hydrogens (primary N) is 1. The highest BCUT2D eigenvalue weighted by Gasteiger charge is 2.38. The minimum atomic E-state index is -0.391. The van der Waals surface area contributed by atoms with Crippen molar-refractivity contribution in [1.29, 1.82) is 0 Å². The van der Waals surface area contributed by atoms with Crippen molar-refractivity contribution >= 4 is 23.2 Å². The number of likely N-dealkylation sites (tertiary alicyclic amines) is 1. The lowest BCUT2D eigenvalue weighted by molar-refractivity contribution is 0.243. The Hall–Kier alpha value is -2.67. The standard InChI is InChI=1S/C21H26FN5O/c1-14-6-5-8-17(22)20(14)26-12-15-11-24-19(23)10-18(15)27(21(26)28)16-7-3-4-9-25(2)13-16/h5-6,8,10-11,16H,3-4,7,9,12-13H2,1-2H3,(H2,23,24)/t16-/m0/s1. The normalized spacial score (nSPS) is 20.8. The van der Waals surface area contributed by atoms with Gasteiger partial charge >= 0.3 is 6.03 Å². The average Bonchev–Trinajstić information content (AvgIpc) is 2.86. The summed E-state index contributed by atoms with van der Waals surface area (Å²) in [5, 5.41) is 0. The molecule has 6 nitrogen and oxygen atoms in total. The molecule has 0 radical (unpaired) electrons. The predicted octanol–water partition coefficient (Wildman–Crippen LogP) is 3.54. The molecule has 2 aliphatic rings. The number of nitrogen functional groups attached to an aromatic ring is 1. The molecule has 0 aliphatic carbocycles. The Labute approximate surface area is 164 Å². The van der Waals surface area contributed by atoms with Gasteiger partial charge in [-0.05, 0) is 45.0 Å². The molecule has 1 atom stereocenters. The molecule has 2 aliphatic heterocycles. The molecule has 28 heavy (non-hydrogen) atoms. The van der Waals surface area contributed by atoms with Crippen molar-refractivity contribution in [3.63, 3.8) is 0 Å². The number of likely N-dealkylation sites (N-methyl/N-ethyl adjacent to an activating group) is 1. The number of hydrogen-bond donors (Lipinski definition) is 1. The maximum atomic E-state index is 14.7. The summed E-state index contributed by atoms with van der Waals surface area (Å²) in [4.78, 5) is 23.4. The molecule has 1 saturated heterocycles. The monoisotopic (exact) mass is 383 g/mol. The van der Waals surface area contributed by atoms with E-state index in [0.29, 0.717) is 11.5 Å². The van der Waals surface area contributed by atoms with E-state index in [0.717, 1.165) is 49.2 Å². The molecule has 0 spiro atoms. The predicted molar refractivity (Wildman–Crippen MR) is 109 cm³/mol. The van der Waals surface area contributed by atoms with Gasteiger partial charge in [-0.2, -0.15) is 0 Å². The van der Waals surface area contributed by atoms with E-state index in [2.05, 4.69) is 16.9 Å². The number of halogens is 1. The Morgan fingerprint density at radius 1 is 1.29 bits per heavy atom. The van der Waals surface area contributed by atoms with Crippen LogP contribution in [0.2, 0.25) is 0 Å². The van der Waals surface area contributed by atoms with Crippen LogP contribution in [0, 0.1) is 12.7 Å². The molecule has 0 saturated carbocycles. The molecule has 2 N–H and O–H groups in total. The van der Waals surface area contributed by atoms with Gasteiger partial charge in [-0.25, -0.2) is 14.2 Å². The van der Waals surface area contributed by atoms with Crippen LogP contribution >= 0.6 is 0 Å². The number of fused-ring (bicyclic) bond motifs is 1. The number of carbonyl (C=O) groups is 1. The van der Waals surface area contributed by atoms with E-state index < -0.39 is 5.82 Å². The molecule has 1 fully saturated rings. The van der Waals surface area contributed by atoms with Crippen molar-refractivity contribution < 1.29 is 9.18 Å². The van der Waals surface area contributed by atoms with Gasteiger partial charge in [0.2, 0.25) is 0 Å². The van der Waals surface area contributed by atoms with Gasteiger partial charge in [-0.15, -0.1) is 0 Å². The summed E-state index contributed by atoms with van der Waals surface area (Å²) in [7, 11) is 2.08. The lowest BCUT2D eigenvalue weighted by Gasteiger charge is -2.42. The molecule has 2 aromatic rings. The molecule has 3 heterocycles. The second-order valence-electron chi connectivity index (χ2n) is 7.79. The summed E-state index contributed by atoms with van der Waals surface area (Å²) in [6.45, 7) is 3.89. The number of aromatic nitrogens is 1. The molecule has 1 aromatic carbocycles. The van der Waals surface area contributed by atoms with Crippen molar-refractivity contribution in [1.82, 2.24) is 9.88 Å². The van der Waals surface area contributed by atoms with E-state index in [9.17, 15) is 9.18 Å². The highest BCUT2D eigenvalue weighted by atomic mass is 19.1. The number of benzene rings is 1. The third kappa shape index (κ3) is 3.30. The smallest absolute Gasteiger partial charge is 0.329 e. The third-order valence-electron chi connectivity index (χ3n) is 5.68. The molecule has 2 amide bonds. The van der Waals surface area contributed by atoms with Crippen LogP contribution in [0.5, 0.6) is 0 Å². The minimum Gasteiger partial charge on any atom is -0.384 e. The van der Waals surface area contributed by atoms with Gasteiger partial charge < -0.3 is 10.6 Å². The van der Waals surface area contributed by atoms with Gasteiger partial charge in [-0.1, -0.05) is 18.6 Å². The van der Waals surface area contributed by atoms with Crippen molar-refractivity contribution in [3.05, 3.63) is 47.4 Å². The van der Waals surface area contributed by atoms with Crippen LogP contribution in [0.15, 0.2) is 30.5 Å². The first-order chi connectivity index (χ1) is 13.5. The second kappa shape index (κ2) is 7.39. The largest absolute Gasteiger partial charge is 0.384 e. The van der Waals surface area contributed by atoms with Crippen LogP contribution < -0.4 is 15.5 Å². The van der Waals surface area contributed by atoms with Gasteiger partial charge in [-0.3, -0.25) is 9.80 Å². The van der Waals surface area contributed by atoms with E-state index >= 15 is 0 Å². The Morgan fingerprint density at radius 2 is 2.11 bits per heavy atom. The zero-order chi connectivity index (χ0) is 19.8. The topological polar surface area (TPSA) is 65.7 Å². The van der Waals surface area contributed by atoms with Crippen LogP contribution in [-0.2, 0) is 6.54 Å². The summed E-state index contributed by atoms with van der Waals surface area (Å²) in [5.41, 5.74) is 8.68. The van der Waals surface area contributed by atoms with E-state index in [1.807, 2.05) is 17.9 Å². The van der Waals surface area contributed by atoms with Gasteiger partial charge in [0.15, 0.2) is 0 Å². The Balaban J connectivity index is 1.81. The Morgan fingerprint density at radius 3 is 2.89 bits per heavy atom. The maximum absolute atomic E-state index is 14.7. The van der Waals surface area contributed by atoms with Crippen molar-refractivity contribution in [2.45, 2.75) is 38.8 Å². The number of hydrogen-bond acceptors (Lipinski definition) is 4. The zero-order valence-corrected chi connectivity index (χ0v) is 16.4. The summed E-state index contributed by atoms with van der Waals surface area (Å²) in [6.07, 6.45) is 4.76. The molecule has 0 unspecified atom stereocenters. The van der Waals surface area contributed by atoms with Crippen LogP contribution in [0.25, 0.3) is 0 Å². The second-order valence-corrected chi connectivity index (χ2v) is 7.79. The fraction of sp³-hybridized carbons (Fsp3) is 0.429. The summed E-state index contributed by atoms with van der Waals surface area (Å²) in [6, 6.07) is 6.46. The van der Waals surface area contributed by atoms with Crippen LogP contribution in [0.4, 0.5) is 26.4 Å². The van der Waals surface area contributed by atoms with E-state index in [-0.39, 0.29) is 18.6 Å². The molecular formula is C21H26FN5O. The number of amides is 2. The van der Waals surface area contributed by atoms with Crippen molar-refractivity contribution in [3.8, 4) is 0 Å². The number of carbonyl (C=O) groups excluding carboxylic acids is 1. The van der Waals surface area contributed by atoms with Crippen molar-refractivity contribution in [2.75, 3.05) is 35.7 Å². The highest BCUT2D eigenvalue weighted by Crippen LogP contribution is 2.37. The fourth-order valence-electron chi connectivity index (χ4n) is 4.31. The van der Waals surface area contributed by atoms with Crippen LogP contribution in [-0.4, -0.2) is 42.1 Å². The SMILES string of the molecule is Cc1cccc(F)c1N1Cc2cnc(N)cc2N([C@H]2CCCCN(C)C2)C1=O. The van der Waals surface area contributed by atoms with Crippen LogP contribution in [0.3, 0.4) is 0 Å². The number of urea groups is 1. The quantitative estimate of drug-likeness (QED) is 0.861. The molecule has 7 heteroatoms. The minimum absolute atomic E-state index is 0.00966. The van der Waals surface area contributed by atoms with Gasteiger partial charge in [0.25, 0.3) is 0 Å². The van der Waals surface area contributed by atoms with E-state index in [4.69, 9.17) is 5.73 Å². The fourth-order valence-corrected chi connectivity index (χ4v) is 4.31.